The third-order valence-corrected chi connectivity index (χ3v) is 4.91. The van der Waals surface area contributed by atoms with E-state index in [4.69, 9.17) is 4.74 Å². The van der Waals surface area contributed by atoms with E-state index in [9.17, 15) is 4.79 Å². The van der Waals surface area contributed by atoms with E-state index < -0.39 is 5.60 Å². The molecule has 1 atom stereocenters. The van der Waals surface area contributed by atoms with Crippen molar-refractivity contribution < 1.29 is 9.53 Å². The summed E-state index contributed by atoms with van der Waals surface area (Å²) in [7, 11) is 1.58. The smallest absolute Gasteiger partial charge is 0.254 e. The Kier molecular flexibility index (Phi) is 5.52. The normalized spacial score (nSPS) is 17.8. The van der Waals surface area contributed by atoms with Crippen molar-refractivity contribution in [3.8, 4) is 0 Å². The molecule has 3 rings (SSSR count). The lowest BCUT2D eigenvalue weighted by Gasteiger charge is -2.37. The van der Waals surface area contributed by atoms with Crippen LogP contribution >= 0.6 is 0 Å². The first-order valence-electron chi connectivity index (χ1n) is 8.98. The Morgan fingerprint density at radius 2 is 2.04 bits per heavy atom. The first kappa shape index (κ1) is 18.3. The molecule has 1 N–H and O–H groups in total. The van der Waals surface area contributed by atoms with Crippen LogP contribution in [0.3, 0.4) is 0 Å². The van der Waals surface area contributed by atoms with Gasteiger partial charge in [0.05, 0.1) is 0 Å². The minimum absolute atomic E-state index is 0.0468. The molecule has 6 nitrogen and oxygen atoms in total. The number of carbonyl (C=O) groups excluding carboxylic acids is 1. The number of ether oxygens (including phenoxy) is 1. The highest BCUT2D eigenvalue weighted by atomic mass is 16.5. The van der Waals surface area contributed by atoms with E-state index in [1.54, 1.807) is 19.5 Å². The highest BCUT2D eigenvalue weighted by Gasteiger charge is 2.34. The van der Waals surface area contributed by atoms with Crippen molar-refractivity contribution in [3.63, 3.8) is 0 Å². The Balaban J connectivity index is 1.72. The Morgan fingerprint density at radius 3 is 2.77 bits per heavy atom. The number of carbonyl (C=O) groups is 1. The van der Waals surface area contributed by atoms with Gasteiger partial charge in [-0.05, 0) is 56.5 Å². The molecule has 1 saturated heterocycles. The van der Waals surface area contributed by atoms with E-state index in [-0.39, 0.29) is 5.91 Å². The van der Waals surface area contributed by atoms with Crippen molar-refractivity contribution in [1.29, 1.82) is 0 Å². The Bertz CT molecular complexity index is 748. The van der Waals surface area contributed by atoms with Gasteiger partial charge in [-0.1, -0.05) is 6.07 Å². The van der Waals surface area contributed by atoms with Gasteiger partial charge in [0.15, 0.2) is 0 Å². The third-order valence-electron chi connectivity index (χ3n) is 4.91. The van der Waals surface area contributed by atoms with Gasteiger partial charge >= 0.3 is 0 Å². The molecule has 138 valence electrons. The van der Waals surface area contributed by atoms with Crippen LogP contribution in [0.1, 0.15) is 38.2 Å². The summed E-state index contributed by atoms with van der Waals surface area (Å²) in [6.07, 6.45) is 5.60. The number of likely N-dealkylation sites (tertiary alicyclic amines) is 1. The maximum Gasteiger partial charge on any atom is 0.254 e. The summed E-state index contributed by atoms with van der Waals surface area (Å²) in [6.45, 7) is 5.13. The zero-order chi connectivity index (χ0) is 18.6. The van der Waals surface area contributed by atoms with Gasteiger partial charge in [0.25, 0.3) is 5.91 Å². The number of pyridine rings is 2. The molecule has 1 fully saturated rings. The lowest BCUT2D eigenvalue weighted by Crippen LogP contribution is -2.49. The van der Waals surface area contributed by atoms with Gasteiger partial charge in [0, 0.05) is 38.5 Å². The molecular formula is C20H26N4O2. The van der Waals surface area contributed by atoms with Crippen molar-refractivity contribution >= 4 is 17.5 Å². The summed E-state index contributed by atoms with van der Waals surface area (Å²) in [5, 5.41) is 3.23. The molecule has 2 aromatic rings. The van der Waals surface area contributed by atoms with Crippen LogP contribution in [0.4, 0.5) is 11.6 Å². The zero-order valence-electron chi connectivity index (χ0n) is 15.6. The van der Waals surface area contributed by atoms with Crippen LogP contribution in [0, 0.1) is 0 Å². The molecule has 26 heavy (non-hydrogen) atoms. The molecule has 1 amide bonds. The van der Waals surface area contributed by atoms with Gasteiger partial charge in [-0.3, -0.25) is 4.79 Å². The fourth-order valence-corrected chi connectivity index (χ4v) is 3.24. The number of piperidine rings is 1. The van der Waals surface area contributed by atoms with E-state index in [0.29, 0.717) is 12.5 Å². The minimum atomic E-state index is -0.786. The Morgan fingerprint density at radius 1 is 1.23 bits per heavy atom. The maximum atomic E-state index is 12.7. The monoisotopic (exact) mass is 354 g/mol. The van der Waals surface area contributed by atoms with Gasteiger partial charge in [-0.2, -0.15) is 0 Å². The number of nitrogens with one attached hydrogen (secondary N) is 1. The van der Waals surface area contributed by atoms with Crippen LogP contribution < -0.4 is 5.32 Å². The van der Waals surface area contributed by atoms with Gasteiger partial charge in [0.1, 0.15) is 17.2 Å². The SMILES string of the molecule is COC(C)(C)C(=O)N1CCC[C@@H](c2ccnc(Nc3ccccn3)c2)C1. The summed E-state index contributed by atoms with van der Waals surface area (Å²) in [5.41, 5.74) is 0.400. The zero-order valence-corrected chi connectivity index (χ0v) is 15.6. The van der Waals surface area contributed by atoms with Crippen LogP contribution in [-0.4, -0.2) is 46.6 Å². The van der Waals surface area contributed by atoms with E-state index in [0.717, 1.165) is 31.0 Å². The van der Waals surface area contributed by atoms with E-state index in [1.807, 2.05) is 43.0 Å². The number of aromatic nitrogens is 2. The molecule has 0 aromatic carbocycles. The predicted molar refractivity (Wildman–Crippen MR) is 101 cm³/mol. The first-order chi connectivity index (χ1) is 12.5. The van der Waals surface area contributed by atoms with Crippen LogP contribution in [0.15, 0.2) is 42.7 Å². The number of hydrogen-bond acceptors (Lipinski definition) is 5. The molecular weight excluding hydrogens is 328 g/mol. The van der Waals surface area contributed by atoms with Crippen molar-refractivity contribution in [2.45, 2.75) is 38.2 Å². The number of hydrogen-bond donors (Lipinski definition) is 1. The highest BCUT2D eigenvalue weighted by Crippen LogP contribution is 2.29. The van der Waals surface area contributed by atoms with Gasteiger partial charge in [-0.15, -0.1) is 0 Å². The van der Waals surface area contributed by atoms with Crippen LogP contribution in [0.5, 0.6) is 0 Å². The maximum absolute atomic E-state index is 12.7. The number of nitrogens with zero attached hydrogens (tertiary/aromatic N) is 3. The van der Waals surface area contributed by atoms with Crippen molar-refractivity contribution in [1.82, 2.24) is 14.9 Å². The van der Waals surface area contributed by atoms with E-state index in [2.05, 4.69) is 21.4 Å². The third kappa shape index (κ3) is 4.19. The molecule has 0 bridgehead atoms. The van der Waals surface area contributed by atoms with E-state index >= 15 is 0 Å². The van der Waals surface area contributed by atoms with Crippen molar-refractivity contribution in [3.05, 3.63) is 48.3 Å². The summed E-state index contributed by atoms with van der Waals surface area (Å²) in [6, 6.07) is 9.80. The molecule has 3 heterocycles. The van der Waals surface area contributed by atoms with Crippen LogP contribution in [0.25, 0.3) is 0 Å². The average molecular weight is 354 g/mol. The summed E-state index contributed by atoms with van der Waals surface area (Å²) >= 11 is 0. The second kappa shape index (κ2) is 7.83. The highest BCUT2D eigenvalue weighted by molar-refractivity contribution is 5.84. The molecule has 2 aromatic heterocycles. The largest absolute Gasteiger partial charge is 0.369 e. The van der Waals surface area contributed by atoms with E-state index in [1.165, 1.54) is 5.56 Å². The first-order valence-corrected chi connectivity index (χ1v) is 8.98. The van der Waals surface area contributed by atoms with Crippen LogP contribution in [-0.2, 0) is 9.53 Å². The number of methoxy groups -OCH3 is 1. The second-order valence-electron chi connectivity index (χ2n) is 7.12. The van der Waals surface area contributed by atoms with Crippen molar-refractivity contribution in [2.75, 3.05) is 25.5 Å². The summed E-state index contributed by atoms with van der Waals surface area (Å²) in [5.74, 6) is 1.87. The quantitative estimate of drug-likeness (QED) is 0.892. The number of anilines is 2. The summed E-state index contributed by atoms with van der Waals surface area (Å²) < 4.78 is 5.36. The van der Waals surface area contributed by atoms with Crippen molar-refractivity contribution in [2.24, 2.45) is 0 Å². The Hall–Kier alpha value is -2.47. The Labute approximate surface area is 154 Å². The fraction of sp³-hybridized carbons (Fsp3) is 0.450. The minimum Gasteiger partial charge on any atom is -0.369 e. The predicted octanol–water partition coefficient (Wildman–Crippen LogP) is 3.35. The molecule has 0 spiro atoms. The molecule has 0 radical (unpaired) electrons. The van der Waals surface area contributed by atoms with Gasteiger partial charge in [0.2, 0.25) is 0 Å². The van der Waals surface area contributed by atoms with Gasteiger partial charge in [-0.25, -0.2) is 9.97 Å². The molecule has 6 heteroatoms. The lowest BCUT2D eigenvalue weighted by molar-refractivity contribution is -0.152. The average Bonchev–Trinajstić information content (AvgIpc) is 2.68. The molecule has 1 aliphatic heterocycles. The topological polar surface area (TPSA) is 67.3 Å². The summed E-state index contributed by atoms with van der Waals surface area (Å²) in [4.78, 5) is 23.3. The fourth-order valence-electron chi connectivity index (χ4n) is 3.24. The number of rotatable bonds is 5. The second-order valence-corrected chi connectivity index (χ2v) is 7.12. The van der Waals surface area contributed by atoms with Gasteiger partial charge < -0.3 is 15.0 Å². The number of amides is 1. The molecule has 0 saturated carbocycles. The van der Waals surface area contributed by atoms with Crippen LogP contribution in [0.2, 0.25) is 0 Å². The molecule has 0 aliphatic carbocycles. The molecule has 0 unspecified atom stereocenters. The standard InChI is InChI=1S/C20H26N4O2/c1-20(2,26-3)19(25)24-12-6-7-16(14-24)15-9-11-22-18(13-15)23-17-8-4-5-10-21-17/h4-5,8-11,13,16H,6-7,12,14H2,1-3H3,(H,21,22,23)/t16-/m1/s1. The molecule has 1 aliphatic rings. The lowest BCUT2D eigenvalue weighted by atomic mass is 9.90.